The van der Waals surface area contributed by atoms with Crippen LogP contribution in [-0.2, 0) is 0 Å². The van der Waals surface area contributed by atoms with E-state index in [1.54, 1.807) is 6.07 Å². The summed E-state index contributed by atoms with van der Waals surface area (Å²) in [6, 6.07) is 5.38. The number of carbonyl (C=O) groups is 1. The number of benzene rings is 1. The molecule has 1 aliphatic heterocycles. The van der Waals surface area contributed by atoms with Gasteiger partial charge in [0, 0.05) is 37.2 Å². The first-order valence-corrected chi connectivity index (χ1v) is 7.81. The Morgan fingerprint density at radius 1 is 1.35 bits per heavy atom. The molecule has 0 aromatic heterocycles. The topological polar surface area (TPSA) is 49.6 Å². The van der Waals surface area contributed by atoms with E-state index in [1.807, 2.05) is 17.0 Å². The summed E-state index contributed by atoms with van der Waals surface area (Å²) in [6.07, 6.45) is 0. The maximum absolute atomic E-state index is 12.5. The molecule has 1 aromatic rings. The third-order valence-corrected chi connectivity index (χ3v) is 4.65. The fourth-order valence-electron chi connectivity index (χ4n) is 2.17. The van der Waals surface area contributed by atoms with Gasteiger partial charge in [-0.1, -0.05) is 29.9 Å². The first-order valence-electron chi connectivity index (χ1n) is 6.23. The van der Waals surface area contributed by atoms with Gasteiger partial charge in [0.15, 0.2) is 0 Å². The summed E-state index contributed by atoms with van der Waals surface area (Å²) in [5, 5.41) is 0.461. The van der Waals surface area contributed by atoms with Crippen LogP contribution in [0.2, 0.25) is 5.02 Å². The zero-order chi connectivity index (χ0) is 14.7. The van der Waals surface area contributed by atoms with Gasteiger partial charge in [0.05, 0.1) is 15.6 Å². The van der Waals surface area contributed by atoms with Crippen molar-refractivity contribution in [1.29, 1.82) is 0 Å². The number of hydrogen-bond donors (Lipinski definition) is 1. The van der Waals surface area contributed by atoms with Crippen molar-refractivity contribution in [3.05, 3.63) is 33.3 Å². The Bertz CT molecular complexity index is 532. The SMILES string of the molecule is NC(=S)CN1CCN(C(=O)c2cccc(Br)c2Cl)CC1. The lowest BCUT2D eigenvalue weighted by molar-refractivity contribution is 0.0654. The summed E-state index contributed by atoms with van der Waals surface area (Å²) in [7, 11) is 0. The molecule has 1 aliphatic rings. The van der Waals surface area contributed by atoms with Gasteiger partial charge in [0.1, 0.15) is 0 Å². The molecule has 1 fully saturated rings. The molecular weight excluding hydrogens is 362 g/mol. The number of amides is 1. The van der Waals surface area contributed by atoms with Gasteiger partial charge in [-0.2, -0.15) is 0 Å². The molecule has 1 aromatic carbocycles. The van der Waals surface area contributed by atoms with Crippen LogP contribution in [0.3, 0.4) is 0 Å². The van der Waals surface area contributed by atoms with Gasteiger partial charge in [0.25, 0.3) is 5.91 Å². The maximum Gasteiger partial charge on any atom is 0.255 e. The van der Waals surface area contributed by atoms with E-state index in [4.69, 9.17) is 29.6 Å². The molecule has 0 radical (unpaired) electrons. The monoisotopic (exact) mass is 375 g/mol. The quantitative estimate of drug-likeness (QED) is 0.821. The molecule has 4 nitrogen and oxygen atoms in total. The molecule has 2 rings (SSSR count). The van der Waals surface area contributed by atoms with Crippen molar-refractivity contribution in [2.75, 3.05) is 32.7 Å². The standard InChI is InChI=1S/C13H15BrClN3OS/c14-10-3-1-2-9(12(10)15)13(19)18-6-4-17(5-7-18)8-11(16)20/h1-3H,4-8H2,(H2,16,20). The summed E-state index contributed by atoms with van der Waals surface area (Å²) < 4.78 is 0.733. The van der Waals surface area contributed by atoms with Gasteiger partial charge in [-0.15, -0.1) is 0 Å². The van der Waals surface area contributed by atoms with Crippen molar-refractivity contribution < 1.29 is 4.79 Å². The van der Waals surface area contributed by atoms with Gasteiger partial charge >= 0.3 is 0 Å². The van der Waals surface area contributed by atoms with E-state index in [0.717, 1.165) is 17.6 Å². The van der Waals surface area contributed by atoms with E-state index < -0.39 is 0 Å². The first-order chi connectivity index (χ1) is 9.49. The molecule has 1 heterocycles. The first kappa shape index (κ1) is 15.7. The van der Waals surface area contributed by atoms with Crippen LogP contribution in [-0.4, -0.2) is 53.4 Å². The smallest absolute Gasteiger partial charge is 0.255 e. The van der Waals surface area contributed by atoms with Crippen LogP contribution >= 0.6 is 39.7 Å². The van der Waals surface area contributed by atoms with Crippen molar-refractivity contribution in [1.82, 2.24) is 9.80 Å². The van der Waals surface area contributed by atoms with Crippen LogP contribution in [0.4, 0.5) is 0 Å². The highest BCUT2D eigenvalue weighted by Crippen LogP contribution is 2.27. The largest absolute Gasteiger partial charge is 0.392 e. The fourth-order valence-corrected chi connectivity index (χ4v) is 2.92. The Morgan fingerprint density at radius 2 is 2.00 bits per heavy atom. The number of piperazine rings is 1. The van der Waals surface area contributed by atoms with Crippen molar-refractivity contribution in [2.45, 2.75) is 0 Å². The highest BCUT2D eigenvalue weighted by Gasteiger charge is 2.24. The van der Waals surface area contributed by atoms with Crippen LogP contribution < -0.4 is 5.73 Å². The summed E-state index contributed by atoms with van der Waals surface area (Å²) >= 11 is 14.4. The Balaban J connectivity index is 2.02. The number of halogens is 2. The molecule has 20 heavy (non-hydrogen) atoms. The Hall–Kier alpha value is -0.690. The molecule has 0 bridgehead atoms. The number of thiocarbonyl (C=S) groups is 1. The van der Waals surface area contributed by atoms with Crippen molar-refractivity contribution in [3.63, 3.8) is 0 Å². The molecule has 108 valence electrons. The molecule has 1 saturated heterocycles. The number of nitrogens with zero attached hydrogens (tertiary/aromatic N) is 2. The predicted molar refractivity (Wildman–Crippen MR) is 88.3 cm³/mol. The van der Waals surface area contributed by atoms with E-state index in [0.29, 0.717) is 35.2 Å². The number of carbonyl (C=O) groups excluding carboxylic acids is 1. The van der Waals surface area contributed by atoms with Crippen LogP contribution in [0.25, 0.3) is 0 Å². The van der Waals surface area contributed by atoms with Crippen LogP contribution in [0, 0.1) is 0 Å². The molecule has 0 atom stereocenters. The lowest BCUT2D eigenvalue weighted by atomic mass is 10.2. The van der Waals surface area contributed by atoms with E-state index in [2.05, 4.69) is 20.8 Å². The third-order valence-electron chi connectivity index (χ3n) is 3.22. The highest BCUT2D eigenvalue weighted by molar-refractivity contribution is 9.10. The average molecular weight is 377 g/mol. The number of rotatable bonds is 3. The van der Waals surface area contributed by atoms with Crippen molar-refractivity contribution in [3.8, 4) is 0 Å². The lowest BCUT2D eigenvalue weighted by Gasteiger charge is -2.34. The predicted octanol–water partition coefficient (Wildman–Crippen LogP) is 2.15. The van der Waals surface area contributed by atoms with Crippen LogP contribution in [0.5, 0.6) is 0 Å². The Morgan fingerprint density at radius 3 is 2.60 bits per heavy atom. The Labute approximate surface area is 137 Å². The van der Waals surface area contributed by atoms with Gasteiger partial charge < -0.3 is 10.6 Å². The van der Waals surface area contributed by atoms with Crippen molar-refractivity contribution in [2.24, 2.45) is 5.73 Å². The summed E-state index contributed by atoms with van der Waals surface area (Å²) in [5.74, 6) is -0.0359. The molecule has 0 unspecified atom stereocenters. The van der Waals surface area contributed by atoms with Gasteiger partial charge in [-0.25, -0.2) is 0 Å². The number of nitrogens with two attached hydrogens (primary N) is 1. The van der Waals surface area contributed by atoms with E-state index in [1.165, 1.54) is 0 Å². The van der Waals surface area contributed by atoms with Gasteiger partial charge in [-0.05, 0) is 28.1 Å². The lowest BCUT2D eigenvalue weighted by Crippen LogP contribution is -2.50. The summed E-state index contributed by atoms with van der Waals surface area (Å²) in [5.41, 5.74) is 6.06. The van der Waals surface area contributed by atoms with E-state index >= 15 is 0 Å². The van der Waals surface area contributed by atoms with Gasteiger partial charge in [-0.3, -0.25) is 9.69 Å². The Kier molecular flexibility index (Phi) is 5.37. The second-order valence-electron chi connectivity index (χ2n) is 4.64. The zero-order valence-corrected chi connectivity index (χ0v) is 14.0. The molecule has 0 saturated carbocycles. The molecule has 0 aliphatic carbocycles. The zero-order valence-electron chi connectivity index (χ0n) is 10.8. The van der Waals surface area contributed by atoms with Gasteiger partial charge in [0.2, 0.25) is 0 Å². The normalized spacial score (nSPS) is 16.2. The second kappa shape index (κ2) is 6.85. The second-order valence-corrected chi connectivity index (χ2v) is 6.39. The molecular formula is C13H15BrClN3OS. The van der Waals surface area contributed by atoms with E-state index in [-0.39, 0.29) is 5.91 Å². The van der Waals surface area contributed by atoms with E-state index in [9.17, 15) is 4.79 Å². The number of hydrogen-bond acceptors (Lipinski definition) is 3. The molecule has 7 heteroatoms. The fraction of sp³-hybridized carbons (Fsp3) is 0.385. The summed E-state index contributed by atoms with van der Waals surface area (Å²) in [4.78, 5) is 16.9. The minimum atomic E-state index is -0.0359. The van der Waals surface area contributed by atoms with Crippen molar-refractivity contribution >= 4 is 50.6 Å². The molecule has 1 amide bonds. The maximum atomic E-state index is 12.5. The molecule has 2 N–H and O–H groups in total. The minimum absolute atomic E-state index is 0.0359. The third kappa shape index (κ3) is 3.69. The summed E-state index contributed by atoms with van der Waals surface area (Å²) in [6.45, 7) is 3.47. The minimum Gasteiger partial charge on any atom is -0.392 e. The average Bonchev–Trinajstić information content (AvgIpc) is 2.41. The molecule has 0 spiro atoms. The van der Waals surface area contributed by atoms with Crippen LogP contribution in [0.15, 0.2) is 22.7 Å². The highest BCUT2D eigenvalue weighted by atomic mass is 79.9. The van der Waals surface area contributed by atoms with Crippen LogP contribution in [0.1, 0.15) is 10.4 Å².